The van der Waals surface area contributed by atoms with Gasteiger partial charge in [-0.15, -0.1) is 0 Å². The van der Waals surface area contributed by atoms with Crippen LogP contribution in [0.25, 0.3) is 10.8 Å². The Balaban J connectivity index is 2.98. The molecule has 17 heavy (non-hydrogen) atoms. The van der Waals surface area contributed by atoms with Crippen LogP contribution in [0.2, 0.25) is 0 Å². The standard InChI is InChI=1S/C13H12O4/c1-16-12-9-6-4-3-5-8(9)10(7-14)11(15)13(12)17-2/h3-7,15H,1-2H3. The first kappa shape index (κ1) is 11.3. The van der Waals surface area contributed by atoms with Crippen molar-refractivity contribution in [1.29, 1.82) is 0 Å². The topological polar surface area (TPSA) is 55.8 Å². The molecule has 0 bridgehead atoms. The average Bonchev–Trinajstić information content (AvgIpc) is 2.37. The van der Waals surface area contributed by atoms with Crippen LogP contribution < -0.4 is 9.47 Å². The number of methoxy groups -OCH3 is 2. The van der Waals surface area contributed by atoms with E-state index in [1.807, 2.05) is 12.1 Å². The number of carbonyl (C=O) groups excluding carboxylic acids is 1. The lowest BCUT2D eigenvalue weighted by atomic mass is 10.0. The molecule has 88 valence electrons. The molecule has 0 heterocycles. The fraction of sp³-hybridized carbons (Fsp3) is 0.154. The summed E-state index contributed by atoms with van der Waals surface area (Å²) >= 11 is 0. The van der Waals surface area contributed by atoms with Crippen LogP contribution in [0.1, 0.15) is 10.4 Å². The number of benzene rings is 2. The maximum absolute atomic E-state index is 11.1. The Bertz CT molecular complexity index is 575. The molecule has 0 aromatic heterocycles. The van der Waals surface area contributed by atoms with Gasteiger partial charge in [-0.05, 0) is 5.39 Å². The van der Waals surface area contributed by atoms with Crippen molar-refractivity contribution < 1.29 is 19.4 Å². The molecular weight excluding hydrogens is 220 g/mol. The highest BCUT2D eigenvalue weighted by molar-refractivity contribution is 6.05. The van der Waals surface area contributed by atoms with Crippen molar-refractivity contribution in [1.82, 2.24) is 0 Å². The number of hydrogen-bond donors (Lipinski definition) is 1. The van der Waals surface area contributed by atoms with Crippen molar-refractivity contribution in [2.45, 2.75) is 0 Å². The van der Waals surface area contributed by atoms with E-state index in [4.69, 9.17) is 9.47 Å². The molecule has 0 spiro atoms. The number of phenolic OH excluding ortho intramolecular Hbond substituents is 1. The summed E-state index contributed by atoms with van der Waals surface area (Å²) in [6, 6.07) is 7.18. The Kier molecular flexibility index (Phi) is 2.87. The summed E-state index contributed by atoms with van der Waals surface area (Å²) in [5, 5.41) is 11.3. The fourth-order valence-electron chi connectivity index (χ4n) is 1.91. The number of aromatic hydroxyl groups is 1. The van der Waals surface area contributed by atoms with Crippen molar-refractivity contribution in [2.24, 2.45) is 0 Å². The van der Waals surface area contributed by atoms with Gasteiger partial charge in [0.25, 0.3) is 0 Å². The van der Waals surface area contributed by atoms with Crippen molar-refractivity contribution in [3.8, 4) is 17.2 Å². The SMILES string of the molecule is COc1c(O)c(C=O)c2ccccc2c1OC. The maximum Gasteiger partial charge on any atom is 0.204 e. The second-order valence-electron chi connectivity index (χ2n) is 3.49. The molecule has 0 aliphatic heterocycles. The zero-order valence-corrected chi connectivity index (χ0v) is 9.56. The van der Waals surface area contributed by atoms with Gasteiger partial charge in [0.1, 0.15) is 0 Å². The lowest BCUT2D eigenvalue weighted by Gasteiger charge is -2.14. The van der Waals surface area contributed by atoms with Gasteiger partial charge in [-0.2, -0.15) is 0 Å². The molecule has 2 aromatic carbocycles. The van der Waals surface area contributed by atoms with Crippen molar-refractivity contribution in [2.75, 3.05) is 14.2 Å². The normalized spacial score (nSPS) is 10.2. The van der Waals surface area contributed by atoms with E-state index in [0.717, 1.165) is 5.39 Å². The summed E-state index contributed by atoms with van der Waals surface area (Å²) in [5.74, 6) is 0.401. The molecule has 4 heteroatoms. The van der Waals surface area contributed by atoms with Crippen LogP contribution in [-0.4, -0.2) is 25.6 Å². The molecule has 2 rings (SSSR count). The Morgan fingerprint density at radius 2 is 1.65 bits per heavy atom. The van der Waals surface area contributed by atoms with E-state index < -0.39 is 0 Å². The van der Waals surface area contributed by atoms with Crippen LogP contribution in [0.3, 0.4) is 0 Å². The van der Waals surface area contributed by atoms with Gasteiger partial charge in [0.15, 0.2) is 17.8 Å². The van der Waals surface area contributed by atoms with E-state index in [2.05, 4.69) is 0 Å². The Hall–Kier alpha value is -2.23. The third-order valence-corrected chi connectivity index (χ3v) is 2.66. The number of hydrogen-bond acceptors (Lipinski definition) is 4. The Labute approximate surface area is 98.4 Å². The molecule has 0 fully saturated rings. The summed E-state index contributed by atoms with van der Waals surface area (Å²) < 4.78 is 10.3. The number of carbonyl (C=O) groups is 1. The number of fused-ring (bicyclic) bond motifs is 1. The highest BCUT2D eigenvalue weighted by atomic mass is 16.5. The zero-order valence-electron chi connectivity index (χ0n) is 9.56. The van der Waals surface area contributed by atoms with Gasteiger partial charge in [0, 0.05) is 5.39 Å². The molecule has 2 aromatic rings. The molecule has 0 unspecified atom stereocenters. The molecule has 4 nitrogen and oxygen atoms in total. The molecule has 0 atom stereocenters. The predicted molar refractivity (Wildman–Crippen MR) is 64.1 cm³/mol. The van der Waals surface area contributed by atoms with E-state index in [-0.39, 0.29) is 17.1 Å². The van der Waals surface area contributed by atoms with Crippen LogP contribution in [-0.2, 0) is 0 Å². The number of ether oxygens (including phenoxy) is 2. The van der Waals surface area contributed by atoms with Gasteiger partial charge in [-0.1, -0.05) is 24.3 Å². The van der Waals surface area contributed by atoms with Crippen LogP contribution in [0, 0.1) is 0 Å². The van der Waals surface area contributed by atoms with Gasteiger partial charge in [-0.25, -0.2) is 0 Å². The van der Waals surface area contributed by atoms with Gasteiger partial charge in [-0.3, -0.25) is 4.79 Å². The average molecular weight is 232 g/mol. The summed E-state index contributed by atoms with van der Waals surface area (Å²) in [5.41, 5.74) is 0.207. The number of rotatable bonds is 3. The van der Waals surface area contributed by atoms with Gasteiger partial charge < -0.3 is 14.6 Å². The largest absolute Gasteiger partial charge is 0.504 e. The quantitative estimate of drug-likeness (QED) is 0.825. The van der Waals surface area contributed by atoms with Crippen LogP contribution >= 0.6 is 0 Å². The fourth-order valence-corrected chi connectivity index (χ4v) is 1.91. The van der Waals surface area contributed by atoms with Gasteiger partial charge in [0.2, 0.25) is 5.75 Å². The molecular formula is C13H12O4. The van der Waals surface area contributed by atoms with Crippen LogP contribution in [0.5, 0.6) is 17.2 Å². The molecule has 0 saturated carbocycles. The maximum atomic E-state index is 11.1. The highest BCUT2D eigenvalue weighted by Crippen LogP contribution is 2.45. The second-order valence-corrected chi connectivity index (χ2v) is 3.49. The first-order valence-electron chi connectivity index (χ1n) is 5.05. The summed E-state index contributed by atoms with van der Waals surface area (Å²) in [7, 11) is 2.91. The second kappa shape index (κ2) is 4.33. The van der Waals surface area contributed by atoms with E-state index in [0.29, 0.717) is 17.4 Å². The van der Waals surface area contributed by atoms with E-state index >= 15 is 0 Å². The van der Waals surface area contributed by atoms with Crippen LogP contribution in [0.4, 0.5) is 0 Å². The molecule has 0 radical (unpaired) electrons. The van der Waals surface area contributed by atoms with E-state index in [1.165, 1.54) is 14.2 Å². The predicted octanol–water partition coefficient (Wildman–Crippen LogP) is 2.38. The van der Waals surface area contributed by atoms with Crippen molar-refractivity contribution in [3.05, 3.63) is 29.8 Å². The molecule has 0 aliphatic rings. The first-order valence-corrected chi connectivity index (χ1v) is 5.05. The highest BCUT2D eigenvalue weighted by Gasteiger charge is 2.19. The molecule has 0 aliphatic carbocycles. The van der Waals surface area contributed by atoms with Gasteiger partial charge >= 0.3 is 0 Å². The summed E-state index contributed by atoms with van der Waals surface area (Å²) in [4.78, 5) is 11.1. The summed E-state index contributed by atoms with van der Waals surface area (Å²) in [6.07, 6.45) is 0.611. The number of aldehydes is 1. The van der Waals surface area contributed by atoms with Gasteiger partial charge in [0.05, 0.1) is 19.8 Å². The van der Waals surface area contributed by atoms with Crippen LogP contribution in [0.15, 0.2) is 24.3 Å². The minimum absolute atomic E-state index is 0.174. The third-order valence-electron chi connectivity index (χ3n) is 2.66. The Morgan fingerprint density at radius 1 is 1.06 bits per heavy atom. The first-order chi connectivity index (χ1) is 8.24. The lowest BCUT2D eigenvalue weighted by molar-refractivity contribution is 0.112. The Morgan fingerprint density at radius 3 is 2.18 bits per heavy atom. The number of phenols is 1. The molecule has 1 N–H and O–H groups in total. The summed E-state index contributed by atoms with van der Waals surface area (Å²) in [6.45, 7) is 0. The third kappa shape index (κ3) is 1.58. The van der Waals surface area contributed by atoms with Crippen molar-refractivity contribution in [3.63, 3.8) is 0 Å². The smallest absolute Gasteiger partial charge is 0.204 e. The molecule has 0 saturated heterocycles. The van der Waals surface area contributed by atoms with Crippen molar-refractivity contribution >= 4 is 17.1 Å². The van der Waals surface area contributed by atoms with E-state index in [1.54, 1.807) is 12.1 Å². The monoisotopic (exact) mass is 232 g/mol. The molecule has 0 amide bonds. The zero-order chi connectivity index (χ0) is 12.4. The minimum Gasteiger partial charge on any atom is -0.504 e. The minimum atomic E-state index is -0.196. The lowest BCUT2D eigenvalue weighted by Crippen LogP contribution is -1.96. The van der Waals surface area contributed by atoms with E-state index in [9.17, 15) is 9.90 Å².